The van der Waals surface area contributed by atoms with Crippen molar-refractivity contribution in [1.29, 1.82) is 0 Å². The third-order valence-corrected chi connectivity index (χ3v) is 4.28. The molecular weight excluding hydrogens is 304 g/mol. The Bertz CT molecular complexity index is 609. The van der Waals surface area contributed by atoms with Gasteiger partial charge in [0.1, 0.15) is 5.75 Å². The smallest absolute Gasteiger partial charge is 0.124 e. The predicted octanol–water partition coefficient (Wildman–Crippen LogP) is 3.83. The van der Waals surface area contributed by atoms with Crippen LogP contribution in [0.2, 0.25) is 0 Å². The van der Waals surface area contributed by atoms with E-state index in [0.717, 1.165) is 22.2 Å². The van der Waals surface area contributed by atoms with Crippen molar-refractivity contribution < 1.29 is 9.84 Å². The molecule has 3 heteroatoms. The molecule has 0 fully saturated rings. The van der Waals surface area contributed by atoms with Gasteiger partial charge in [0.15, 0.2) is 0 Å². The predicted molar refractivity (Wildman–Crippen MR) is 78.5 cm³/mol. The summed E-state index contributed by atoms with van der Waals surface area (Å²) in [5, 5.41) is 10.6. The second kappa shape index (κ2) is 4.99. The molecule has 2 unspecified atom stereocenters. The van der Waals surface area contributed by atoms with E-state index < -0.39 is 6.10 Å². The lowest BCUT2D eigenvalue weighted by atomic mass is 9.73. The van der Waals surface area contributed by atoms with Gasteiger partial charge in [0.2, 0.25) is 0 Å². The van der Waals surface area contributed by atoms with Gasteiger partial charge in [0.05, 0.1) is 13.2 Å². The lowest BCUT2D eigenvalue weighted by Gasteiger charge is -2.34. The van der Waals surface area contributed by atoms with E-state index in [1.807, 2.05) is 30.3 Å². The lowest BCUT2D eigenvalue weighted by Crippen LogP contribution is -2.23. The number of methoxy groups -OCH3 is 1. The molecule has 2 atom stereocenters. The van der Waals surface area contributed by atoms with Crippen molar-refractivity contribution in [2.45, 2.75) is 18.4 Å². The fourth-order valence-corrected chi connectivity index (χ4v) is 3.11. The highest BCUT2D eigenvalue weighted by molar-refractivity contribution is 9.10. The molecule has 0 radical (unpaired) electrons. The molecule has 2 aromatic rings. The molecule has 0 aromatic heterocycles. The van der Waals surface area contributed by atoms with E-state index in [1.54, 1.807) is 7.11 Å². The van der Waals surface area contributed by atoms with Crippen molar-refractivity contribution >= 4 is 15.9 Å². The molecule has 3 rings (SSSR count). The monoisotopic (exact) mass is 318 g/mol. The van der Waals surface area contributed by atoms with Gasteiger partial charge in [-0.1, -0.05) is 40.2 Å². The van der Waals surface area contributed by atoms with Crippen LogP contribution in [-0.4, -0.2) is 12.2 Å². The van der Waals surface area contributed by atoms with Crippen molar-refractivity contribution in [3.05, 3.63) is 63.6 Å². The number of aliphatic hydroxyl groups is 1. The summed E-state index contributed by atoms with van der Waals surface area (Å²) in [4.78, 5) is 0. The average molecular weight is 319 g/mol. The standard InChI is InChI=1S/C16H15BrO2/c1-19-15-7-6-11(17)9-14(15)16(18)13-8-10-4-2-3-5-12(10)13/h2-7,9,13,16,18H,8H2,1H3. The largest absolute Gasteiger partial charge is 0.496 e. The molecule has 98 valence electrons. The number of hydrogen-bond acceptors (Lipinski definition) is 2. The van der Waals surface area contributed by atoms with Gasteiger partial charge in [-0.15, -0.1) is 0 Å². The van der Waals surface area contributed by atoms with Crippen LogP contribution in [0.1, 0.15) is 28.7 Å². The van der Waals surface area contributed by atoms with E-state index >= 15 is 0 Å². The molecule has 19 heavy (non-hydrogen) atoms. The third-order valence-electron chi connectivity index (χ3n) is 3.79. The number of ether oxygens (including phenoxy) is 1. The van der Waals surface area contributed by atoms with Crippen molar-refractivity contribution in [2.24, 2.45) is 0 Å². The zero-order valence-corrected chi connectivity index (χ0v) is 12.2. The molecule has 0 spiro atoms. The minimum absolute atomic E-state index is 0.166. The van der Waals surface area contributed by atoms with Crippen LogP contribution in [0, 0.1) is 0 Å². The number of aliphatic hydroxyl groups excluding tert-OH is 1. The van der Waals surface area contributed by atoms with Crippen molar-refractivity contribution in [1.82, 2.24) is 0 Å². The molecule has 0 saturated heterocycles. The van der Waals surface area contributed by atoms with Gasteiger partial charge in [-0.25, -0.2) is 0 Å². The number of rotatable bonds is 3. The Balaban J connectivity index is 1.94. The van der Waals surface area contributed by atoms with E-state index in [4.69, 9.17) is 4.74 Å². The summed E-state index contributed by atoms with van der Waals surface area (Å²) in [5.74, 6) is 0.902. The molecule has 0 bridgehead atoms. The van der Waals surface area contributed by atoms with Crippen LogP contribution in [-0.2, 0) is 6.42 Å². The zero-order chi connectivity index (χ0) is 13.4. The molecule has 2 nitrogen and oxygen atoms in total. The quantitative estimate of drug-likeness (QED) is 0.932. The Morgan fingerprint density at radius 2 is 2.05 bits per heavy atom. The molecule has 1 aliphatic carbocycles. The van der Waals surface area contributed by atoms with Crippen LogP contribution in [0.4, 0.5) is 0 Å². The highest BCUT2D eigenvalue weighted by atomic mass is 79.9. The Labute approximate surface area is 121 Å². The molecule has 1 aliphatic rings. The average Bonchev–Trinajstić information content (AvgIpc) is 2.40. The minimum atomic E-state index is -0.526. The van der Waals surface area contributed by atoms with Crippen LogP contribution in [0.15, 0.2) is 46.9 Å². The SMILES string of the molecule is COc1ccc(Br)cc1C(O)C1Cc2ccccc21. The third kappa shape index (κ3) is 2.17. The van der Waals surface area contributed by atoms with Gasteiger partial charge >= 0.3 is 0 Å². The number of halogens is 1. The molecule has 0 amide bonds. The summed E-state index contributed by atoms with van der Waals surface area (Å²) in [6.45, 7) is 0. The van der Waals surface area contributed by atoms with Gasteiger partial charge in [-0.3, -0.25) is 0 Å². The van der Waals surface area contributed by atoms with E-state index in [1.165, 1.54) is 11.1 Å². The van der Waals surface area contributed by atoms with Crippen molar-refractivity contribution in [3.8, 4) is 5.75 Å². The lowest BCUT2D eigenvalue weighted by molar-refractivity contribution is 0.131. The maximum Gasteiger partial charge on any atom is 0.124 e. The van der Waals surface area contributed by atoms with Gasteiger partial charge in [-0.05, 0) is 35.7 Å². The van der Waals surface area contributed by atoms with Crippen LogP contribution >= 0.6 is 15.9 Å². The van der Waals surface area contributed by atoms with Crippen LogP contribution in [0.25, 0.3) is 0 Å². The number of hydrogen-bond donors (Lipinski definition) is 1. The fourth-order valence-electron chi connectivity index (χ4n) is 2.73. The maximum absolute atomic E-state index is 10.6. The van der Waals surface area contributed by atoms with Gasteiger partial charge in [0.25, 0.3) is 0 Å². The molecule has 2 aromatic carbocycles. The van der Waals surface area contributed by atoms with Gasteiger partial charge in [0, 0.05) is 16.0 Å². The van der Waals surface area contributed by atoms with E-state index in [0.29, 0.717) is 0 Å². The second-order valence-corrected chi connectivity index (χ2v) is 5.76. The summed E-state index contributed by atoms with van der Waals surface area (Å²) < 4.78 is 6.30. The maximum atomic E-state index is 10.6. The van der Waals surface area contributed by atoms with Crippen LogP contribution < -0.4 is 4.74 Å². The molecule has 0 heterocycles. The first-order chi connectivity index (χ1) is 9.20. The summed E-state index contributed by atoms with van der Waals surface area (Å²) in [6, 6.07) is 14.0. The van der Waals surface area contributed by atoms with E-state index in [9.17, 15) is 5.11 Å². The molecule has 0 saturated carbocycles. The Kier molecular flexibility index (Phi) is 3.33. The van der Waals surface area contributed by atoms with Crippen molar-refractivity contribution in [2.75, 3.05) is 7.11 Å². The summed E-state index contributed by atoms with van der Waals surface area (Å²) >= 11 is 3.45. The summed E-state index contributed by atoms with van der Waals surface area (Å²) in [5.41, 5.74) is 3.42. The fraction of sp³-hybridized carbons (Fsp3) is 0.250. The van der Waals surface area contributed by atoms with Gasteiger partial charge < -0.3 is 9.84 Å². The molecule has 0 aliphatic heterocycles. The Morgan fingerprint density at radius 1 is 1.26 bits per heavy atom. The van der Waals surface area contributed by atoms with E-state index in [-0.39, 0.29) is 5.92 Å². The first kappa shape index (κ1) is 12.7. The highest BCUT2D eigenvalue weighted by Gasteiger charge is 2.33. The number of fused-ring (bicyclic) bond motifs is 1. The van der Waals surface area contributed by atoms with Crippen molar-refractivity contribution in [3.63, 3.8) is 0 Å². The summed E-state index contributed by atoms with van der Waals surface area (Å²) in [7, 11) is 1.63. The topological polar surface area (TPSA) is 29.5 Å². The van der Waals surface area contributed by atoms with Crippen LogP contribution in [0.3, 0.4) is 0 Å². The van der Waals surface area contributed by atoms with Gasteiger partial charge in [-0.2, -0.15) is 0 Å². The van der Waals surface area contributed by atoms with Crippen LogP contribution in [0.5, 0.6) is 5.75 Å². The molecular formula is C16H15BrO2. The second-order valence-electron chi connectivity index (χ2n) is 4.84. The first-order valence-corrected chi connectivity index (χ1v) is 7.09. The molecule has 1 N–H and O–H groups in total. The Hall–Kier alpha value is -1.32. The first-order valence-electron chi connectivity index (χ1n) is 6.30. The normalized spacial score (nSPS) is 18.4. The summed E-state index contributed by atoms with van der Waals surface area (Å²) in [6.07, 6.45) is 0.398. The zero-order valence-electron chi connectivity index (χ0n) is 10.6. The highest BCUT2D eigenvalue weighted by Crippen LogP contribution is 2.45. The minimum Gasteiger partial charge on any atom is -0.496 e. The number of benzene rings is 2. The Morgan fingerprint density at radius 3 is 2.79 bits per heavy atom. The van der Waals surface area contributed by atoms with E-state index in [2.05, 4.69) is 28.1 Å².